The Labute approximate surface area is 145 Å². The van der Waals surface area contributed by atoms with E-state index in [-0.39, 0.29) is 11.3 Å². The highest BCUT2D eigenvalue weighted by Gasteiger charge is 2.38. The van der Waals surface area contributed by atoms with Gasteiger partial charge in [0.2, 0.25) is 5.91 Å². The van der Waals surface area contributed by atoms with E-state index in [1.807, 2.05) is 0 Å². The van der Waals surface area contributed by atoms with E-state index in [1.165, 1.54) is 17.0 Å². The molecule has 1 aromatic carbocycles. The van der Waals surface area contributed by atoms with E-state index >= 15 is 0 Å². The minimum absolute atomic E-state index is 0.0489. The number of halogens is 3. The second-order valence-corrected chi connectivity index (χ2v) is 6.90. The van der Waals surface area contributed by atoms with Gasteiger partial charge in [-0.05, 0) is 31.0 Å². The fraction of sp³-hybridized carbons (Fsp3) is 0.312. The van der Waals surface area contributed by atoms with Crippen LogP contribution in [0.5, 0.6) is 0 Å². The summed E-state index contributed by atoms with van der Waals surface area (Å²) >= 11 is 1.13. The smallest absolute Gasteiger partial charge is 0.368 e. The minimum Gasteiger partial charge on any atom is -0.368 e. The van der Waals surface area contributed by atoms with Crippen LogP contribution in [-0.2, 0) is 11.0 Å². The number of thiazole rings is 1. The monoisotopic (exact) mass is 369 g/mol. The number of primary amides is 1. The number of carbonyl (C=O) groups excluding carboxylic acids is 2. The Balaban J connectivity index is 2.00. The number of aryl methyl sites for hydroxylation is 1. The quantitative estimate of drug-likeness (QED) is 0.904. The topological polar surface area (TPSA) is 76.3 Å². The molecule has 0 bridgehead atoms. The van der Waals surface area contributed by atoms with E-state index in [0.717, 1.165) is 23.5 Å². The predicted octanol–water partition coefficient (Wildman–Crippen LogP) is 2.84. The Kier molecular flexibility index (Phi) is 4.28. The summed E-state index contributed by atoms with van der Waals surface area (Å²) in [4.78, 5) is 29.8. The Morgan fingerprint density at radius 1 is 1.36 bits per heavy atom. The van der Waals surface area contributed by atoms with Gasteiger partial charge in [0, 0.05) is 6.54 Å². The summed E-state index contributed by atoms with van der Waals surface area (Å²) in [6.45, 7) is 2.03. The Bertz CT molecular complexity index is 847. The number of hydrogen-bond donors (Lipinski definition) is 1. The molecule has 1 atom stereocenters. The zero-order valence-electron chi connectivity index (χ0n) is 13.1. The van der Waals surface area contributed by atoms with Crippen LogP contribution in [0.3, 0.4) is 0 Å². The normalized spacial score (nSPS) is 17.3. The Morgan fingerprint density at radius 3 is 2.64 bits per heavy atom. The van der Waals surface area contributed by atoms with E-state index in [9.17, 15) is 22.8 Å². The predicted molar refractivity (Wildman–Crippen MR) is 85.9 cm³/mol. The molecule has 25 heavy (non-hydrogen) atoms. The lowest BCUT2D eigenvalue weighted by Gasteiger charge is -2.38. The average molecular weight is 369 g/mol. The molecular formula is C16H14F3N3O2S. The van der Waals surface area contributed by atoms with Crippen molar-refractivity contribution >= 4 is 23.2 Å². The molecule has 1 aliphatic heterocycles. The largest absolute Gasteiger partial charge is 0.416 e. The molecule has 2 aromatic rings. The van der Waals surface area contributed by atoms with Gasteiger partial charge in [0.15, 0.2) is 0 Å². The van der Waals surface area contributed by atoms with Crippen LogP contribution in [0.1, 0.15) is 27.5 Å². The van der Waals surface area contributed by atoms with Gasteiger partial charge in [-0.3, -0.25) is 9.59 Å². The lowest BCUT2D eigenvalue weighted by atomic mass is 10.0. The van der Waals surface area contributed by atoms with Crippen molar-refractivity contribution in [2.24, 2.45) is 5.73 Å². The molecule has 0 aliphatic carbocycles. The van der Waals surface area contributed by atoms with Crippen molar-refractivity contribution in [3.63, 3.8) is 0 Å². The van der Waals surface area contributed by atoms with Crippen molar-refractivity contribution in [3.05, 3.63) is 40.5 Å². The molecule has 2 N–H and O–H groups in total. The second kappa shape index (κ2) is 6.14. The summed E-state index contributed by atoms with van der Waals surface area (Å²) in [5.41, 5.74) is 4.77. The fourth-order valence-corrected chi connectivity index (χ4v) is 3.57. The molecule has 1 aliphatic rings. The molecule has 5 nitrogen and oxygen atoms in total. The van der Waals surface area contributed by atoms with Crippen molar-refractivity contribution < 1.29 is 22.8 Å². The first-order valence-electron chi connectivity index (χ1n) is 7.44. The molecule has 2 heterocycles. The molecule has 1 saturated heterocycles. The maximum absolute atomic E-state index is 12.9. The Hall–Kier alpha value is -2.42. The molecular weight excluding hydrogens is 355 g/mol. The molecule has 0 spiro atoms. The van der Waals surface area contributed by atoms with Gasteiger partial charge in [0.1, 0.15) is 11.7 Å². The van der Waals surface area contributed by atoms with Crippen molar-refractivity contribution in [2.45, 2.75) is 25.6 Å². The maximum Gasteiger partial charge on any atom is 0.416 e. The number of amides is 2. The van der Waals surface area contributed by atoms with Gasteiger partial charge >= 0.3 is 6.18 Å². The molecule has 1 fully saturated rings. The van der Waals surface area contributed by atoms with Gasteiger partial charge in [0.25, 0.3) is 5.91 Å². The summed E-state index contributed by atoms with van der Waals surface area (Å²) in [5, 5.41) is 0.548. The molecule has 0 saturated carbocycles. The molecule has 0 radical (unpaired) electrons. The first-order chi connectivity index (χ1) is 11.7. The fourth-order valence-electron chi connectivity index (χ4n) is 2.67. The molecule has 132 valence electrons. The number of rotatable bonds is 3. The zero-order chi connectivity index (χ0) is 18.4. The molecule has 9 heteroatoms. The molecule has 3 rings (SSSR count). The number of nitrogens with zero attached hydrogens (tertiary/aromatic N) is 2. The second-order valence-electron chi connectivity index (χ2n) is 5.69. The van der Waals surface area contributed by atoms with E-state index in [1.54, 1.807) is 6.92 Å². The van der Waals surface area contributed by atoms with Crippen LogP contribution >= 0.6 is 11.3 Å². The summed E-state index contributed by atoms with van der Waals surface area (Å²) in [7, 11) is 0. The standard InChI is InChI=1S/C16H14F3N3O2S/c1-8-21-12(15(24)22-6-5-11(22)14(20)23)13(25-8)9-3-2-4-10(7-9)16(17,18)19/h2-4,7,11H,5-6H2,1H3,(H2,20,23). The number of benzene rings is 1. The van der Waals surface area contributed by atoms with Crippen LogP contribution in [0.15, 0.2) is 24.3 Å². The van der Waals surface area contributed by atoms with Gasteiger partial charge < -0.3 is 10.6 Å². The number of nitrogens with two attached hydrogens (primary N) is 1. The minimum atomic E-state index is -4.48. The number of likely N-dealkylation sites (tertiary alicyclic amines) is 1. The third-order valence-electron chi connectivity index (χ3n) is 4.00. The zero-order valence-corrected chi connectivity index (χ0v) is 13.9. The van der Waals surface area contributed by atoms with Crippen molar-refractivity contribution in [2.75, 3.05) is 6.54 Å². The number of aromatic nitrogens is 1. The van der Waals surface area contributed by atoms with E-state index in [4.69, 9.17) is 5.73 Å². The van der Waals surface area contributed by atoms with Crippen molar-refractivity contribution in [1.82, 2.24) is 9.88 Å². The molecule has 1 aromatic heterocycles. The van der Waals surface area contributed by atoms with Gasteiger partial charge in [0.05, 0.1) is 15.4 Å². The van der Waals surface area contributed by atoms with Crippen LogP contribution in [0.4, 0.5) is 13.2 Å². The first-order valence-corrected chi connectivity index (χ1v) is 8.25. The third kappa shape index (κ3) is 3.23. The number of carbonyl (C=O) groups is 2. The van der Waals surface area contributed by atoms with Crippen molar-refractivity contribution in [3.8, 4) is 10.4 Å². The molecule has 2 amide bonds. The third-order valence-corrected chi connectivity index (χ3v) is 5.02. The lowest BCUT2D eigenvalue weighted by Crippen LogP contribution is -2.57. The van der Waals surface area contributed by atoms with Crippen LogP contribution in [0.25, 0.3) is 10.4 Å². The van der Waals surface area contributed by atoms with E-state index in [0.29, 0.717) is 22.9 Å². The highest BCUT2D eigenvalue weighted by atomic mass is 32.1. The summed E-state index contributed by atoms with van der Waals surface area (Å²) in [6.07, 6.45) is -4.00. The van der Waals surface area contributed by atoms with Gasteiger partial charge in [-0.2, -0.15) is 13.2 Å². The average Bonchev–Trinajstić information content (AvgIpc) is 2.87. The maximum atomic E-state index is 12.9. The van der Waals surface area contributed by atoms with E-state index in [2.05, 4.69) is 4.98 Å². The Morgan fingerprint density at radius 2 is 2.08 bits per heavy atom. The molecule has 1 unspecified atom stereocenters. The summed E-state index contributed by atoms with van der Waals surface area (Å²) in [6, 6.07) is 4.06. The highest BCUT2D eigenvalue weighted by molar-refractivity contribution is 7.15. The number of alkyl halides is 3. The lowest BCUT2D eigenvalue weighted by molar-refractivity contribution is -0.137. The van der Waals surface area contributed by atoms with Gasteiger partial charge in [-0.15, -0.1) is 11.3 Å². The SMILES string of the molecule is Cc1nc(C(=O)N2CCC2C(N)=O)c(-c2cccc(C(F)(F)F)c2)s1. The highest BCUT2D eigenvalue weighted by Crippen LogP contribution is 2.36. The van der Waals surface area contributed by atoms with Crippen LogP contribution in [-0.4, -0.2) is 34.3 Å². The van der Waals surface area contributed by atoms with Gasteiger partial charge in [-0.1, -0.05) is 12.1 Å². The van der Waals surface area contributed by atoms with Crippen molar-refractivity contribution in [1.29, 1.82) is 0 Å². The van der Waals surface area contributed by atoms with Crippen LogP contribution in [0.2, 0.25) is 0 Å². The van der Waals surface area contributed by atoms with E-state index < -0.39 is 29.6 Å². The van der Waals surface area contributed by atoms with Crippen LogP contribution < -0.4 is 5.73 Å². The summed E-state index contributed by atoms with van der Waals surface area (Å²) in [5.74, 6) is -1.10. The van der Waals surface area contributed by atoms with Gasteiger partial charge in [-0.25, -0.2) is 4.98 Å². The first kappa shape index (κ1) is 17.4. The van der Waals surface area contributed by atoms with Crippen LogP contribution in [0, 0.1) is 6.92 Å². The number of hydrogen-bond acceptors (Lipinski definition) is 4. The summed E-state index contributed by atoms with van der Waals surface area (Å²) < 4.78 is 38.8.